The smallest absolute Gasteiger partial charge is 0.408 e. The van der Waals surface area contributed by atoms with Crippen LogP contribution in [0.1, 0.15) is 110 Å². The van der Waals surface area contributed by atoms with Gasteiger partial charge >= 0.3 is 6.09 Å². The summed E-state index contributed by atoms with van der Waals surface area (Å²) in [5, 5.41) is 39.4. The first-order valence-electron chi connectivity index (χ1n) is 15.0. The molecule has 1 amide bonds. The van der Waals surface area contributed by atoms with Crippen LogP contribution in [0.5, 0.6) is 0 Å². The van der Waals surface area contributed by atoms with Crippen LogP contribution in [0.15, 0.2) is 0 Å². The number of aliphatic hydroxyl groups is 4. The number of amides is 1. The van der Waals surface area contributed by atoms with E-state index in [0.717, 1.165) is 0 Å². The predicted octanol–water partition coefficient (Wildman–Crippen LogP) is 6.82. The molecule has 0 saturated carbocycles. The number of carbonyl (C=O) groups is 1. The van der Waals surface area contributed by atoms with Crippen molar-refractivity contribution in [3.63, 3.8) is 0 Å². The lowest BCUT2D eigenvalue weighted by Crippen LogP contribution is -2.59. The Morgan fingerprint density at radius 2 is 1.05 bits per heavy atom. The summed E-state index contributed by atoms with van der Waals surface area (Å²) in [4.78, 5) is 11.6. The molecule has 0 aliphatic heterocycles. The molecule has 5 N–H and O–H groups in total. The second-order valence-electron chi connectivity index (χ2n) is 17.8. The Morgan fingerprint density at radius 3 is 1.27 bits per heavy atom. The van der Waals surface area contributed by atoms with Crippen LogP contribution in [0.4, 0.5) is 4.79 Å². The molecule has 0 rings (SSSR count). The number of rotatable bonds is 10. The molecular formula is C31H69NO7Si2. The molecule has 3 atom stereocenters. The Morgan fingerprint density at radius 1 is 0.707 bits per heavy atom. The molecule has 0 aliphatic carbocycles. The molecule has 0 aromatic heterocycles. The van der Waals surface area contributed by atoms with Crippen molar-refractivity contribution in [2.24, 2.45) is 10.8 Å². The molecule has 10 heteroatoms. The zero-order valence-corrected chi connectivity index (χ0v) is 31.8. The monoisotopic (exact) mass is 623 g/mol. The lowest BCUT2D eigenvalue weighted by molar-refractivity contribution is 0.00195. The third-order valence-electron chi connectivity index (χ3n) is 7.57. The number of hydrogen-bond acceptors (Lipinski definition) is 7. The van der Waals surface area contributed by atoms with Crippen LogP contribution in [0.2, 0.25) is 35.3 Å². The summed E-state index contributed by atoms with van der Waals surface area (Å²) in [5.41, 5.74) is -1.49. The fourth-order valence-corrected chi connectivity index (χ4v) is 16.9. The second kappa shape index (κ2) is 15.0. The Balaban J connectivity index is 0. The van der Waals surface area contributed by atoms with Gasteiger partial charge in [-0.05, 0) is 66.9 Å². The summed E-state index contributed by atoms with van der Waals surface area (Å²) in [5.74, 6) is 0. The highest BCUT2D eigenvalue weighted by atomic mass is 28.4. The summed E-state index contributed by atoms with van der Waals surface area (Å²) in [6, 6.07) is 2.46. The van der Waals surface area contributed by atoms with Crippen molar-refractivity contribution in [3.05, 3.63) is 0 Å². The Kier molecular flexibility index (Phi) is 15.6. The molecule has 0 bridgehead atoms. The third-order valence-corrected chi connectivity index (χ3v) is 21.0. The highest BCUT2D eigenvalue weighted by Gasteiger charge is 2.53. The quantitative estimate of drug-likeness (QED) is 0.169. The summed E-state index contributed by atoms with van der Waals surface area (Å²) in [6.45, 7) is 36.9. The maximum atomic E-state index is 11.6. The van der Waals surface area contributed by atoms with Crippen LogP contribution >= 0.6 is 0 Å². The zero-order chi connectivity index (χ0) is 33.5. The average molecular weight is 624 g/mol. The van der Waals surface area contributed by atoms with Gasteiger partial charge in [0.1, 0.15) is 5.60 Å². The molecule has 0 aromatic carbocycles. The van der Waals surface area contributed by atoms with Crippen LogP contribution in [0, 0.1) is 10.8 Å². The number of nitrogens with one attached hydrogen (secondary N) is 1. The lowest BCUT2D eigenvalue weighted by atomic mass is 9.94. The molecule has 0 spiro atoms. The van der Waals surface area contributed by atoms with Gasteiger partial charge < -0.3 is 34.6 Å². The number of hydrogen-bond donors (Lipinski definition) is 5. The van der Waals surface area contributed by atoms with Gasteiger partial charge in [-0.1, -0.05) is 83.1 Å². The maximum Gasteiger partial charge on any atom is 0.408 e. The van der Waals surface area contributed by atoms with Gasteiger partial charge in [0.25, 0.3) is 0 Å². The van der Waals surface area contributed by atoms with E-state index in [1.807, 2.05) is 0 Å². The molecule has 3 unspecified atom stereocenters. The maximum absolute atomic E-state index is 11.6. The molecule has 0 heterocycles. The minimum Gasteiger partial charge on any atom is -0.454 e. The molecule has 0 aromatic rings. The van der Waals surface area contributed by atoms with Gasteiger partial charge in [0.15, 0.2) is 16.6 Å². The Bertz CT molecular complexity index is 747. The molecule has 0 fully saturated rings. The number of aliphatic hydroxyl groups excluding tert-OH is 4. The van der Waals surface area contributed by atoms with Gasteiger partial charge in [-0.3, -0.25) is 0 Å². The summed E-state index contributed by atoms with van der Waals surface area (Å²) < 4.78 is 12.4. The van der Waals surface area contributed by atoms with Crippen LogP contribution in [0.3, 0.4) is 0 Å². The van der Waals surface area contributed by atoms with Crippen LogP contribution < -0.4 is 5.32 Å². The van der Waals surface area contributed by atoms with Crippen molar-refractivity contribution in [2.75, 3.05) is 19.8 Å². The van der Waals surface area contributed by atoms with Crippen LogP contribution in [0.25, 0.3) is 0 Å². The van der Waals surface area contributed by atoms with E-state index in [1.54, 1.807) is 20.8 Å². The molecule has 0 radical (unpaired) electrons. The van der Waals surface area contributed by atoms with E-state index in [-0.39, 0.29) is 16.5 Å². The standard InChI is InChI=1S/C20H46OSi2.C11H23NO6/c1-17(2,3)15-22(13,19(7,8)9)21-23(14,20(10,11)12)16-18(4,5)6;1-10(2,3)18-9(17)12-11(6-14,7-15)4-8(16)5-13/h15-16H2,1-14H3;8,13-16H,4-7H2,1-3H3,(H,12,17). The Hall–Kier alpha value is -0.496. The molecule has 0 aliphatic rings. The largest absolute Gasteiger partial charge is 0.454 e. The normalized spacial score (nSPS) is 17.5. The molecule has 8 nitrogen and oxygen atoms in total. The van der Waals surface area contributed by atoms with E-state index in [4.69, 9.17) is 14.0 Å². The van der Waals surface area contributed by atoms with Gasteiger partial charge in [0.05, 0.1) is 31.5 Å². The zero-order valence-electron chi connectivity index (χ0n) is 29.8. The van der Waals surface area contributed by atoms with E-state index in [1.165, 1.54) is 12.1 Å². The van der Waals surface area contributed by atoms with Crippen molar-refractivity contribution in [3.8, 4) is 0 Å². The SMILES string of the molecule is CC(C)(C)C[Si](C)(O[Si](C)(CC(C)(C)C)C(C)(C)C)C(C)(C)C.CC(C)(C)OC(=O)NC(CO)(CO)CC(O)CO. The number of ether oxygens (including phenoxy) is 1. The topological polar surface area (TPSA) is 128 Å². The van der Waals surface area contributed by atoms with Crippen LogP contribution in [-0.2, 0) is 8.85 Å². The summed E-state index contributed by atoms with van der Waals surface area (Å²) in [7, 11) is -3.74. The fraction of sp³-hybridized carbons (Fsp3) is 0.968. The number of carbonyl (C=O) groups excluding carboxylic acids is 1. The van der Waals surface area contributed by atoms with E-state index < -0.39 is 59.8 Å². The van der Waals surface area contributed by atoms with Crippen molar-refractivity contribution >= 4 is 22.7 Å². The van der Waals surface area contributed by atoms with E-state index in [0.29, 0.717) is 10.8 Å². The number of alkyl carbamates (subject to hydrolysis) is 1. The van der Waals surface area contributed by atoms with Crippen molar-refractivity contribution in [1.82, 2.24) is 5.32 Å². The minimum absolute atomic E-state index is 0.185. The molecule has 0 saturated heterocycles. The van der Waals surface area contributed by atoms with Gasteiger partial charge in [0, 0.05) is 6.42 Å². The fourth-order valence-electron chi connectivity index (χ4n) is 4.77. The minimum atomic E-state index is -1.87. The highest BCUT2D eigenvalue weighted by Crippen LogP contribution is 2.52. The average Bonchev–Trinajstić information content (AvgIpc) is 2.67. The summed E-state index contributed by atoms with van der Waals surface area (Å²) >= 11 is 0. The van der Waals surface area contributed by atoms with Gasteiger partial charge in [0.2, 0.25) is 0 Å². The van der Waals surface area contributed by atoms with E-state index in [2.05, 4.69) is 101 Å². The summed E-state index contributed by atoms with van der Waals surface area (Å²) in [6.07, 6.45) is -2.15. The van der Waals surface area contributed by atoms with Crippen molar-refractivity contribution in [2.45, 2.75) is 163 Å². The van der Waals surface area contributed by atoms with Gasteiger partial charge in [-0.15, -0.1) is 0 Å². The van der Waals surface area contributed by atoms with Crippen molar-refractivity contribution in [1.29, 1.82) is 0 Å². The second-order valence-corrected chi connectivity index (χ2v) is 27.2. The third kappa shape index (κ3) is 16.2. The van der Waals surface area contributed by atoms with Gasteiger partial charge in [-0.2, -0.15) is 0 Å². The predicted molar refractivity (Wildman–Crippen MR) is 176 cm³/mol. The molecular weight excluding hydrogens is 555 g/mol. The Labute approximate surface area is 255 Å². The van der Waals surface area contributed by atoms with E-state index in [9.17, 15) is 20.1 Å². The first-order valence-corrected chi connectivity index (χ1v) is 20.2. The lowest BCUT2D eigenvalue weighted by Gasteiger charge is -2.53. The first-order chi connectivity index (χ1) is 17.8. The molecule has 41 heavy (non-hydrogen) atoms. The molecule has 248 valence electrons. The first kappa shape index (κ1) is 42.6. The van der Waals surface area contributed by atoms with Gasteiger partial charge in [-0.25, -0.2) is 4.79 Å². The van der Waals surface area contributed by atoms with Crippen LogP contribution in [-0.4, -0.2) is 80.2 Å². The highest BCUT2D eigenvalue weighted by molar-refractivity contribution is 6.88. The van der Waals surface area contributed by atoms with Crippen molar-refractivity contribution < 1.29 is 34.1 Å². The van der Waals surface area contributed by atoms with E-state index >= 15 is 0 Å².